The average molecular weight is 271 g/mol. The number of benzene rings is 1. The third-order valence-corrected chi connectivity index (χ3v) is 3.46. The van der Waals surface area contributed by atoms with E-state index in [2.05, 4.69) is 16.0 Å². The fourth-order valence-electron chi connectivity index (χ4n) is 1.56. The van der Waals surface area contributed by atoms with E-state index in [1.165, 1.54) is 0 Å². The van der Waals surface area contributed by atoms with Gasteiger partial charge in [-0.05, 0) is 30.7 Å². The van der Waals surface area contributed by atoms with Crippen LogP contribution in [0.1, 0.15) is 16.8 Å². The van der Waals surface area contributed by atoms with Gasteiger partial charge in [0.25, 0.3) is 0 Å². The van der Waals surface area contributed by atoms with Gasteiger partial charge in [0.1, 0.15) is 11.8 Å². The van der Waals surface area contributed by atoms with Gasteiger partial charge in [0.15, 0.2) is 5.16 Å². The van der Waals surface area contributed by atoms with Gasteiger partial charge < -0.3 is 4.74 Å². The van der Waals surface area contributed by atoms with E-state index in [0.717, 1.165) is 22.2 Å². The molecule has 2 aromatic rings. The van der Waals surface area contributed by atoms with E-state index in [9.17, 15) is 0 Å². The van der Waals surface area contributed by atoms with Crippen molar-refractivity contribution in [2.45, 2.75) is 17.8 Å². The van der Waals surface area contributed by atoms with Gasteiger partial charge in [-0.2, -0.15) is 5.26 Å². The molecule has 0 saturated heterocycles. The number of aryl methyl sites for hydroxylation is 1. The normalized spacial score (nSPS) is 9.95. The monoisotopic (exact) mass is 271 g/mol. The van der Waals surface area contributed by atoms with Crippen LogP contribution in [0.2, 0.25) is 0 Å². The molecule has 0 bridgehead atoms. The highest BCUT2D eigenvalue weighted by Crippen LogP contribution is 2.24. The van der Waals surface area contributed by atoms with Gasteiger partial charge in [-0.15, -0.1) is 0 Å². The summed E-state index contributed by atoms with van der Waals surface area (Å²) in [6, 6.07) is 9.53. The Bertz CT molecular complexity index is 622. The predicted octanol–water partition coefficient (Wildman–Crippen LogP) is 2.96. The molecule has 0 radical (unpaired) electrons. The van der Waals surface area contributed by atoms with Crippen LogP contribution < -0.4 is 4.74 Å². The molecule has 0 amide bonds. The largest absolute Gasteiger partial charge is 0.495 e. The van der Waals surface area contributed by atoms with Crippen molar-refractivity contribution >= 4 is 11.8 Å². The SMILES string of the molecule is COc1cc(CSc2nccc(C)n2)ccc1C#N. The summed E-state index contributed by atoms with van der Waals surface area (Å²) in [4.78, 5) is 8.53. The Morgan fingerprint density at radius 2 is 2.21 bits per heavy atom. The maximum atomic E-state index is 8.92. The van der Waals surface area contributed by atoms with E-state index in [4.69, 9.17) is 10.00 Å². The first-order chi connectivity index (χ1) is 9.22. The third-order valence-electron chi connectivity index (χ3n) is 2.53. The molecule has 0 aliphatic heterocycles. The molecule has 0 unspecified atom stereocenters. The molecule has 0 aliphatic rings. The smallest absolute Gasteiger partial charge is 0.188 e. The zero-order chi connectivity index (χ0) is 13.7. The first-order valence-corrected chi connectivity index (χ1v) is 6.71. The number of hydrogen-bond donors (Lipinski definition) is 0. The Kier molecular flexibility index (Phi) is 4.37. The van der Waals surface area contributed by atoms with E-state index in [0.29, 0.717) is 11.3 Å². The second kappa shape index (κ2) is 6.21. The summed E-state index contributed by atoms with van der Waals surface area (Å²) in [7, 11) is 1.57. The van der Waals surface area contributed by atoms with Crippen LogP contribution in [-0.2, 0) is 5.75 Å². The molecule has 0 aliphatic carbocycles. The fraction of sp³-hybridized carbons (Fsp3) is 0.214. The summed E-state index contributed by atoms with van der Waals surface area (Å²) < 4.78 is 5.19. The van der Waals surface area contributed by atoms with E-state index in [1.807, 2.05) is 25.1 Å². The number of nitrogens with zero attached hydrogens (tertiary/aromatic N) is 3. The third kappa shape index (κ3) is 3.46. The molecule has 0 N–H and O–H groups in total. The average Bonchev–Trinajstić information content (AvgIpc) is 2.45. The summed E-state index contributed by atoms with van der Waals surface area (Å²) in [6.45, 7) is 1.94. The first-order valence-electron chi connectivity index (χ1n) is 5.72. The number of nitriles is 1. The number of rotatable bonds is 4. The Morgan fingerprint density at radius 1 is 1.37 bits per heavy atom. The predicted molar refractivity (Wildman–Crippen MR) is 74.0 cm³/mol. The fourth-order valence-corrected chi connectivity index (χ4v) is 2.38. The standard InChI is InChI=1S/C14H13N3OS/c1-10-5-6-16-14(17-10)19-9-11-3-4-12(8-15)13(7-11)18-2/h3-7H,9H2,1-2H3. The summed E-state index contributed by atoms with van der Waals surface area (Å²) in [5.41, 5.74) is 2.57. The second-order valence-corrected chi connectivity index (χ2v) is 4.86. The van der Waals surface area contributed by atoms with Gasteiger partial charge in [-0.25, -0.2) is 9.97 Å². The Morgan fingerprint density at radius 3 is 2.89 bits per heavy atom. The molecule has 0 atom stereocenters. The summed E-state index contributed by atoms with van der Waals surface area (Å²) in [6.07, 6.45) is 1.75. The maximum Gasteiger partial charge on any atom is 0.188 e. The molecule has 5 heteroatoms. The minimum absolute atomic E-state index is 0.544. The first kappa shape index (κ1) is 13.4. The van der Waals surface area contributed by atoms with Crippen molar-refractivity contribution < 1.29 is 4.74 Å². The van der Waals surface area contributed by atoms with Gasteiger partial charge >= 0.3 is 0 Å². The van der Waals surface area contributed by atoms with Crippen molar-refractivity contribution in [3.8, 4) is 11.8 Å². The lowest BCUT2D eigenvalue weighted by atomic mass is 10.1. The molecule has 2 rings (SSSR count). The molecular weight excluding hydrogens is 258 g/mol. The highest BCUT2D eigenvalue weighted by atomic mass is 32.2. The van der Waals surface area contributed by atoms with Crippen molar-refractivity contribution in [1.82, 2.24) is 9.97 Å². The molecule has 0 saturated carbocycles. The van der Waals surface area contributed by atoms with Crippen molar-refractivity contribution in [3.63, 3.8) is 0 Å². The minimum Gasteiger partial charge on any atom is -0.495 e. The van der Waals surface area contributed by atoms with E-state index >= 15 is 0 Å². The Balaban J connectivity index is 2.10. The topological polar surface area (TPSA) is 58.8 Å². The lowest BCUT2D eigenvalue weighted by molar-refractivity contribution is 0.413. The molecule has 19 heavy (non-hydrogen) atoms. The van der Waals surface area contributed by atoms with Crippen LogP contribution in [0.3, 0.4) is 0 Å². The number of aromatic nitrogens is 2. The molecule has 1 aromatic carbocycles. The number of methoxy groups -OCH3 is 1. The molecular formula is C14H13N3OS. The highest BCUT2D eigenvalue weighted by Gasteiger charge is 2.05. The second-order valence-electron chi connectivity index (χ2n) is 3.92. The minimum atomic E-state index is 0.544. The molecule has 1 heterocycles. The summed E-state index contributed by atoms with van der Waals surface area (Å²) in [5, 5.41) is 9.68. The molecule has 96 valence electrons. The summed E-state index contributed by atoms with van der Waals surface area (Å²) >= 11 is 1.56. The van der Waals surface area contributed by atoms with Crippen molar-refractivity contribution in [2.24, 2.45) is 0 Å². The van der Waals surface area contributed by atoms with Crippen molar-refractivity contribution in [1.29, 1.82) is 5.26 Å². The van der Waals surface area contributed by atoms with Crippen molar-refractivity contribution in [3.05, 3.63) is 47.3 Å². The molecule has 0 fully saturated rings. The van der Waals surface area contributed by atoms with Gasteiger partial charge in [0, 0.05) is 17.6 Å². The van der Waals surface area contributed by atoms with Gasteiger partial charge in [-0.3, -0.25) is 0 Å². The molecule has 0 spiro atoms. The quantitative estimate of drug-likeness (QED) is 0.632. The van der Waals surface area contributed by atoms with Crippen LogP contribution in [0.25, 0.3) is 0 Å². The van der Waals surface area contributed by atoms with Crippen LogP contribution in [-0.4, -0.2) is 17.1 Å². The number of thioether (sulfide) groups is 1. The summed E-state index contributed by atoms with van der Waals surface area (Å²) in [5.74, 6) is 1.34. The van der Waals surface area contributed by atoms with Crippen molar-refractivity contribution in [2.75, 3.05) is 7.11 Å². The van der Waals surface area contributed by atoms with Crippen LogP contribution in [0.4, 0.5) is 0 Å². The van der Waals surface area contributed by atoms with Crippen LogP contribution in [0, 0.1) is 18.3 Å². The van der Waals surface area contributed by atoms with Crippen LogP contribution in [0.15, 0.2) is 35.6 Å². The van der Waals surface area contributed by atoms with Crippen LogP contribution >= 0.6 is 11.8 Å². The zero-order valence-corrected chi connectivity index (χ0v) is 11.6. The number of hydrogen-bond acceptors (Lipinski definition) is 5. The van der Waals surface area contributed by atoms with Crippen LogP contribution in [0.5, 0.6) is 5.75 Å². The zero-order valence-electron chi connectivity index (χ0n) is 10.8. The Hall–Kier alpha value is -2.06. The van der Waals surface area contributed by atoms with Gasteiger partial charge in [-0.1, -0.05) is 17.8 Å². The van der Waals surface area contributed by atoms with E-state index in [-0.39, 0.29) is 0 Å². The molecule has 4 nitrogen and oxygen atoms in total. The lowest BCUT2D eigenvalue weighted by Crippen LogP contribution is -1.92. The van der Waals surface area contributed by atoms with Gasteiger partial charge in [0.05, 0.1) is 12.7 Å². The lowest BCUT2D eigenvalue weighted by Gasteiger charge is -2.06. The number of ether oxygens (including phenoxy) is 1. The Labute approximate surface area is 116 Å². The molecule has 1 aromatic heterocycles. The van der Waals surface area contributed by atoms with E-state index in [1.54, 1.807) is 31.1 Å². The van der Waals surface area contributed by atoms with Gasteiger partial charge in [0.2, 0.25) is 0 Å². The van der Waals surface area contributed by atoms with E-state index < -0.39 is 0 Å². The maximum absolute atomic E-state index is 8.92. The highest BCUT2D eigenvalue weighted by molar-refractivity contribution is 7.98.